The van der Waals surface area contributed by atoms with Gasteiger partial charge >= 0.3 is 0 Å². The van der Waals surface area contributed by atoms with Gasteiger partial charge in [-0.2, -0.15) is 4.58 Å². The van der Waals surface area contributed by atoms with E-state index in [2.05, 4.69) is 148 Å². The molecule has 3 aliphatic rings. The summed E-state index contributed by atoms with van der Waals surface area (Å²) in [5, 5.41) is 6.32. The second-order valence-corrected chi connectivity index (χ2v) is 14.2. The van der Waals surface area contributed by atoms with Crippen LogP contribution < -0.4 is 4.90 Å². The Morgan fingerprint density at radius 3 is 2.16 bits per heavy atom. The molecule has 0 bridgehead atoms. The van der Waals surface area contributed by atoms with Crippen LogP contribution in [0.4, 0.5) is 11.4 Å². The Balaban J connectivity index is 0.00000343. The highest BCUT2D eigenvalue weighted by Gasteiger charge is 2.45. The lowest BCUT2D eigenvalue weighted by Crippen LogP contribution is -2.37. The van der Waals surface area contributed by atoms with E-state index in [4.69, 9.17) is 11.6 Å². The molecular weight excluding hydrogens is 579 g/mol. The summed E-state index contributed by atoms with van der Waals surface area (Å²) in [4.78, 5) is 2.45. The molecule has 4 aromatic rings. The number of benzene rings is 4. The third kappa shape index (κ3) is 4.65. The fourth-order valence-corrected chi connectivity index (χ4v) is 8.67. The van der Waals surface area contributed by atoms with Crippen molar-refractivity contribution in [1.29, 1.82) is 0 Å². The van der Waals surface area contributed by atoms with E-state index in [1.54, 1.807) is 0 Å². The molecule has 0 saturated heterocycles. The summed E-state index contributed by atoms with van der Waals surface area (Å²) in [7, 11) is 4.44. The number of rotatable bonds is 4. The fourth-order valence-electron chi connectivity index (χ4n) is 8.34. The normalized spacial score (nSPS) is 22.4. The van der Waals surface area contributed by atoms with Gasteiger partial charge in [-0.25, -0.2) is 0 Å². The summed E-state index contributed by atoms with van der Waals surface area (Å²) in [5.74, 6) is 0.250. The average molecular weight is 623 g/mol. The van der Waals surface area contributed by atoms with Crippen molar-refractivity contribution in [3.05, 3.63) is 119 Å². The molecule has 4 aromatic carbocycles. The molecule has 44 heavy (non-hydrogen) atoms. The quantitative estimate of drug-likeness (QED) is 0.162. The summed E-state index contributed by atoms with van der Waals surface area (Å²) in [6.07, 6.45) is 12.7. The molecule has 0 amide bonds. The van der Waals surface area contributed by atoms with Gasteiger partial charge in [0, 0.05) is 46.8 Å². The number of hydrogen-bond acceptors (Lipinski definition) is 1. The van der Waals surface area contributed by atoms with E-state index in [-0.39, 0.29) is 35.2 Å². The molecule has 0 saturated carbocycles. The van der Waals surface area contributed by atoms with Crippen molar-refractivity contribution in [3.8, 4) is 0 Å². The summed E-state index contributed by atoms with van der Waals surface area (Å²) in [6.45, 7) is 9.49. The van der Waals surface area contributed by atoms with Crippen LogP contribution >= 0.6 is 24.0 Å². The highest BCUT2D eigenvalue weighted by molar-refractivity contribution is 6.30. The van der Waals surface area contributed by atoms with Crippen molar-refractivity contribution < 1.29 is 4.58 Å². The molecule has 2 heterocycles. The van der Waals surface area contributed by atoms with E-state index in [1.807, 2.05) is 0 Å². The highest BCUT2D eigenvalue weighted by Crippen LogP contribution is 2.49. The maximum atomic E-state index is 7.21. The predicted molar refractivity (Wildman–Crippen MR) is 193 cm³/mol. The molecule has 0 fully saturated rings. The SMILES string of the molecule is CN1c2ccc3ccccc3c2C(C)(C)C1/C=C/C1CCCC(/C=C/C2=[N+](C)c3ccc4ccccc4c3C2(C)C)=C1Cl.Cl. The van der Waals surface area contributed by atoms with Crippen molar-refractivity contribution in [2.24, 2.45) is 5.92 Å². The first-order chi connectivity index (χ1) is 20.6. The van der Waals surface area contributed by atoms with Crippen LogP contribution in [0.25, 0.3) is 21.5 Å². The second-order valence-electron chi connectivity index (χ2n) is 13.8. The Labute approximate surface area is 273 Å². The first-order valence-electron chi connectivity index (χ1n) is 15.7. The third-order valence-corrected chi connectivity index (χ3v) is 11.1. The van der Waals surface area contributed by atoms with Crippen LogP contribution in [0.1, 0.15) is 58.1 Å². The Kier molecular flexibility index (Phi) is 7.83. The molecule has 0 spiro atoms. The first-order valence-corrected chi connectivity index (χ1v) is 16.1. The second kappa shape index (κ2) is 11.2. The number of halogens is 2. The fraction of sp³-hybridized carbons (Fsp3) is 0.325. The Morgan fingerprint density at radius 2 is 1.45 bits per heavy atom. The van der Waals surface area contributed by atoms with Gasteiger partial charge in [0.25, 0.3) is 0 Å². The molecule has 2 unspecified atom stereocenters. The maximum Gasteiger partial charge on any atom is 0.210 e. The van der Waals surface area contributed by atoms with Crippen molar-refractivity contribution in [2.45, 2.75) is 63.8 Å². The minimum Gasteiger partial charge on any atom is -0.367 e. The van der Waals surface area contributed by atoms with E-state index in [1.165, 1.54) is 55.3 Å². The van der Waals surface area contributed by atoms with Crippen LogP contribution in [0.2, 0.25) is 0 Å². The van der Waals surface area contributed by atoms with E-state index in [0.717, 1.165) is 24.3 Å². The summed E-state index contributed by atoms with van der Waals surface area (Å²) < 4.78 is 2.37. The number of fused-ring (bicyclic) bond motifs is 6. The minimum atomic E-state index is -0.0970. The zero-order chi connectivity index (χ0) is 30.1. The Morgan fingerprint density at radius 1 is 0.818 bits per heavy atom. The van der Waals surface area contributed by atoms with Gasteiger partial charge in [0.05, 0.1) is 11.5 Å². The molecule has 226 valence electrons. The van der Waals surface area contributed by atoms with Gasteiger partial charge in [-0.1, -0.05) is 98.3 Å². The number of hydrogen-bond donors (Lipinski definition) is 0. The maximum absolute atomic E-state index is 7.21. The van der Waals surface area contributed by atoms with E-state index in [9.17, 15) is 0 Å². The first kappa shape index (κ1) is 30.7. The molecular formula is C40H43Cl2N2+. The molecule has 2 aliphatic heterocycles. The number of nitrogens with zero attached hydrogens (tertiary/aromatic N) is 2. The number of anilines is 1. The summed E-state index contributed by atoms with van der Waals surface area (Å²) >= 11 is 7.21. The monoisotopic (exact) mass is 621 g/mol. The lowest BCUT2D eigenvalue weighted by atomic mass is 9.77. The lowest BCUT2D eigenvalue weighted by molar-refractivity contribution is -0.401. The van der Waals surface area contributed by atoms with Gasteiger partial charge in [-0.05, 0) is 77.9 Å². The van der Waals surface area contributed by atoms with Crippen LogP contribution in [-0.4, -0.2) is 30.4 Å². The average Bonchev–Trinajstić information content (AvgIpc) is 3.33. The molecule has 4 heteroatoms. The largest absolute Gasteiger partial charge is 0.367 e. The molecule has 2 nitrogen and oxygen atoms in total. The topological polar surface area (TPSA) is 6.25 Å². The zero-order valence-electron chi connectivity index (χ0n) is 26.7. The summed E-state index contributed by atoms with van der Waals surface area (Å²) in [6, 6.07) is 26.9. The van der Waals surface area contributed by atoms with Crippen LogP contribution in [0.5, 0.6) is 0 Å². The van der Waals surface area contributed by atoms with Crippen molar-refractivity contribution >= 4 is 62.6 Å². The van der Waals surface area contributed by atoms with Gasteiger partial charge in [0.15, 0.2) is 5.71 Å². The van der Waals surface area contributed by atoms with Gasteiger partial charge in [-0.15, -0.1) is 12.4 Å². The predicted octanol–water partition coefficient (Wildman–Crippen LogP) is 10.6. The number of allylic oxidation sites excluding steroid dienone is 5. The van der Waals surface area contributed by atoms with Gasteiger partial charge in [0.2, 0.25) is 5.69 Å². The smallest absolute Gasteiger partial charge is 0.210 e. The number of likely N-dealkylation sites (N-methyl/N-ethyl adjacent to an activating group) is 1. The van der Waals surface area contributed by atoms with Crippen LogP contribution in [0.3, 0.4) is 0 Å². The molecule has 0 aromatic heterocycles. The molecule has 2 atom stereocenters. The molecule has 7 rings (SSSR count). The van der Waals surface area contributed by atoms with E-state index in [0.29, 0.717) is 0 Å². The zero-order valence-corrected chi connectivity index (χ0v) is 28.3. The lowest BCUT2D eigenvalue weighted by Gasteiger charge is -2.31. The van der Waals surface area contributed by atoms with Crippen molar-refractivity contribution in [3.63, 3.8) is 0 Å². The van der Waals surface area contributed by atoms with E-state index < -0.39 is 0 Å². The van der Waals surface area contributed by atoms with Crippen LogP contribution in [0, 0.1) is 5.92 Å². The third-order valence-electron chi connectivity index (χ3n) is 10.5. The molecule has 0 N–H and O–H groups in total. The van der Waals surface area contributed by atoms with Crippen molar-refractivity contribution in [1.82, 2.24) is 0 Å². The molecule has 1 aliphatic carbocycles. The van der Waals surface area contributed by atoms with Crippen LogP contribution in [-0.2, 0) is 10.8 Å². The van der Waals surface area contributed by atoms with Crippen molar-refractivity contribution in [2.75, 3.05) is 19.0 Å². The van der Waals surface area contributed by atoms with Gasteiger partial charge in [0.1, 0.15) is 7.05 Å². The van der Waals surface area contributed by atoms with Gasteiger partial charge in [-0.3, -0.25) is 0 Å². The standard InChI is InChI=1S/C40H42ClN2.ClH/c1-39(2)34(42(5)32-22-18-26-12-7-9-16-30(26)36(32)39)24-20-28-14-11-15-29(38(28)41)21-25-35-40(3,4)37-31-17-10-8-13-27(31)19-23-33(37)43(35)6;/h7-10,12-13,16-25,28,34H,11,14-15H2,1-6H3;1H/q+1;/b24-20+,25-21+;. The summed E-state index contributed by atoms with van der Waals surface area (Å²) in [5.41, 5.74) is 7.97. The minimum absolute atomic E-state index is 0. The Bertz CT molecular complexity index is 1910. The highest BCUT2D eigenvalue weighted by atomic mass is 35.5. The molecule has 0 radical (unpaired) electrons. The van der Waals surface area contributed by atoms with Gasteiger partial charge < -0.3 is 4.90 Å². The Hall–Kier alpha value is -3.33. The van der Waals surface area contributed by atoms with E-state index >= 15 is 0 Å². The van der Waals surface area contributed by atoms with Crippen LogP contribution in [0.15, 0.2) is 108 Å².